The molecule has 0 aliphatic carbocycles. The van der Waals surface area contributed by atoms with Crippen molar-refractivity contribution in [2.75, 3.05) is 28.3 Å². The Kier molecular flexibility index (Phi) is 54.5. The van der Waals surface area contributed by atoms with Gasteiger partial charge >= 0.3 is 23.1 Å². The van der Waals surface area contributed by atoms with Crippen LogP contribution in [0.4, 0.5) is 0 Å². The van der Waals surface area contributed by atoms with E-state index in [1.807, 2.05) is 0 Å². The van der Waals surface area contributed by atoms with E-state index in [1.165, 1.54) is 57.9 Å². The molecule has 274 valence electrons. The zero-order valence-corrected chi connectivity index (χ0v) is 32.2. The molecule has 10 nitrogen and oxygen atoms in total. The molecule has 0 bridgehead atoms. The van der Waals surface area contributed by atoms with E-state index >= 15 is 0 Å². The number of Topliss-reactive ketones (excluding diaryl/α,β-unsaturated/α-hetero) is 1. The van der Waals surface area contributed by atoms with E-state index in [2.05, 4.69) is 25.3 Å². The fourth-order valence-corrected chi connectivity index (χ4v) is 2.86. The molecule has 0 aromatic carbocycles. The summed E-state index contributed by atoms with van der Waals surface area (Å²) < 4.78 is 0. The average molecular weight is 872 g/mol. The minimum absolute atomic E-state index is 0. The van der Waals surface area contributed by atoms with Crippen LogP contribution in [0.1, 0.15) is 67.7 Å². The van der Waals surface area contributed by atoms with E-state index in [1.54, 1.807) is 14.2 Å². The van der Waals surface area contributed by atoms with Crippen molar-refractivity contribution < 1.29 is 36.5 Å². The molecular formula is C28H42Cl9MgN5O5. The maximum Gasteiger partial charge on any atom is 2.00 e. The number of hydrogen-bond donors (Lipinski definition) is 1. The van der Waals surface area contributed by atoms with Gasteiger partial charge in [0.2, 0.25) is 0 Å². The SMILES string of the molecule is C.C.C.C.CC(=O)c1cnc(Cl)c(Cl)c1.CNOC.CON(C)C(=O)c1cnc(Cl)c(Cl)c1.Cl.O=C(Cl)c1cnc(Cl)c(Cl)c1.[CH3-].[Cl-].[Mg+2]. The fourth-order valence-electron chi connectivity index (χ4n) is 1.95. The van der Waals surface area contributed by atoms with Gasteiger partial charge in [0.05, 0.1) is 40.4 Å². The fraction of sp³-hybridized carbons (Fsp3) is 0.321. The Balaban J connectivity index is -0.0000000599. The summed E-state index contributed by atoms with van der Waals surface area (Å²) in [6, 6.07) is 4.31. The van der Waals surface area contributed by atoms with Crippen LogP contribution in [0.25, 0.3) is 0 Å². The van der Waals surface area contributed by atoms with Crippen molar-refractivity contribution in [3.8, 4) is 0 Å². The minimum atomic E-state index is -0.601. The molecule has 0 saturated heterocycles. The van der Waals surface area contributed by atoms with Crippen LogP contribution in [0.3, 0.4) is 0 Å². The molecule has 0 radical (unpaired) electrons. The molecule has 0 saturated carbocycles. The zero-order valence-electron chi connectivity index (χ0n) is 23.9. The second-order valence-electron chi connectivity index (χ2n) is 6.71. The quantitative estimate of drug-likeness (QED) is 0.0710. The maximum atomic E-state index is 11.5. The zero-order chi connectivity index (χ0) is 31.0. The van der Waals surface area contributed by atoms with Crippen LogP contribution < -0.4 is 17.9 Å². The minimum Gasteiger partial charge on any atom is -1.00 e. The molecule has 3 rings (SSSR count). The molecule has 3 aromatic heterocycles. The Morgan fingerprint density at radius 1 is 0.729 bits per heavy atom. The molecule has 0 unspecified atom stereocenters. The smallest absolute Gasteiger partial charge is 1.00 e. The van der Waals surface area contributed by atoms with Crippen LogP contribution in [-0.4, -0.2) is 88.3 Å². The van der Waals surface area contributed by atoms with E-state index in [0.717, 1.165) is 5.06 Å². The molecule has 3 aromatic rings. The summed E-state index contributed by atoms with van der Waals surface area (Å²) in [6.07, 6.45) is 4.01. The van der Waals surface area contributed by atoms with Gasteiger partial charge in [-0.1, -0.05) is 99.3 Å². The number of carbonyl (C=O) groups excluding carboxylic acids is 3. The van der Waals surface area contributed by atoms with Crippen molar-refractivity contribution in [3.05, 3.63) is 91.4 Å². The third kappa shape index (κ3) is 27.3. The first-order valence-corrected chi connectivity index (χ1v) is 13.0. The number of rotatable bonds is 5. The van der Waals surface area contributed by atoms with Crippen molar-refractivity contribution in [1.82, 2.24) is 25.5 Å². The third-order valence-electron chi connectivity index (χ3n) is 4.03. The predicted molar refractivity (Wildman–Crippen MR) is 204 cm³/mol. The normalized spacial score (nSPS) is 8.00. The number of hydroxylamine groups is 3. The van der Waals surface area contributed by atoms with Crippen LogP contribution in [0, 0.1) is 7.43 Å². The number of hydrogen-bond acceptors (Lipinski definition) is 9. The number of nitrogens with one attached hydrogen (secondary N) is 1. The Morgan fingerprint density at radius 2 is 1.02 bits per heavy atom. The number of ketones is 1. The van der Waals surface area contributed by atoms with Crippen LogP contribution in [0.5, 0.6) is 0 Å². The molecule has 0 atom stereocenters. The topological polar surface area (TPSA) is 124 Å². The Labute approximate surface area is 349 Å². The summed E-state index contributed by atoms with van der Waals surface area (Å²) in [4.78, 5) is 52.9. The monoisotopic (exact) mass is 867 g/mol. The van der Waals surface area contributed by atoms with Gasteiger partial charge in [0.1, 0.15) is 15.5 Å². The third-order valence-corrected chi connectivity index (χ3v) is 6.31. The molecule has 48 heavy (non-hydrogen) atoms. The molecule has 0 aliphatic rings. The van der Waals surface area contributed by atoms with Gasteiger partial charge < -0.3 is 24.7 Å². The van der Waals surface area contributed by atoms with Crippen LogP contribution >= 0.6 is 93.6 Å². The number of aromatic nitrogens is 3. The predicted octanol–water partition coefficient (Wildman–Crippen LogP) is 7.19. The number of amides is 1. The molecular weight excluding hydrogens is 830 g/mol. The molecule has 0 fully saturated rings. The van der Waals surface area contributed by atoms with E-state index < -0.39 is 5.24 Å². The van der Waals surface area contributed by atoms with Crippen molar-refractivity contribution >= 4 is 134 Å². The summed E-state index contributed by atoms with van der Waals surface area (Å²) in [5.41, 5.74) is 3.46. The van der Waals surface area contributed by atoms with Gasteiger partial charge in [-0.15, -0.1) is 12.4 Å². The molecule has 1 amide bonds. The molecule has 0 spiro atoms. The Morgan fingerprint density at radius 3 is 1.29 bits per heavy atom. The molecule has 1 N–H and O–H groups in total. The van der Waals surface area contributed by atoms with Crippen molar-refractivity contribution in [1.29, 1.82) is 0 Å². The van der Waals surface area contributed by atoms with E-state index in [0.29, 0.717) is 16.1 Å². The first-order valence-electron chi connectivity index (χ1n) is 10.4. The Hall–Kier alpha value is -0.484. The summed E-state index contributed by atoms with van der Waals surface area (Å²) in [7, 11) is 6.16. The number of halogens is 9. The van der Waals surface area contributed by atoms with Crippen LogP contribution in [0.15, 0.2) is 36.8 Å². The van der Waals surface area contributed by atoms with Gasteiger partial charge in [-0.25, -0.2) is 25.5 Å². The van der Waals surface area contributed by atoms with Crippen molar-refractivity contribution in [2.24, 2.45) is 0 Å². The average Bonchev–Trinajstić information content (AvgIpc) is 2.93. The van der Waals surface area contributed by atoms with Gasteiger partial charge in [-0.05, 0) is 36.7 Å². The summed E-state index contributed by atoms with van der Waals surface area (Å²) in [6.45, 7) is 1.45. The van der Waals surface area contributed by atoms with E-state index in [-0.39, 0.29) is 128 Å². The largest absolute Gasteiger partial charge is 2.00 e. The van der Waals surface area contributed by atoms with Gasteiger partial charge in [0.15, 0.2) is 5.78 Å². The summed E-state index contributed by atoms with van der Waals surface area (Å²) in [5, 5.41) is 1.78. The molecule has 0 aliphatic heterocycles. The maximum absolute atomic E-state index is 11.5. The first kappa shape index (κ1) is 69.3. The first-order chi connectivity index (χ1) is 18.7. The van der Waals surface area contributed by atoms with Crippen molar-refractivity contribution in [3.63, 3.8) is 0 Å². The van der Waals surface area contributed by atoms with Gasteiger partial charge in [0, 0.05) is 38.2 Å². The number of carbonyl (C=O) groups is 3. The molecule has 20 heteroatoms. The standard InChI is InChI=1S/C8H8Cl2N2O2.C7H5Cl2NO.C6H2Cl3NO.C2H7NO.4CH4.CH3.2ClH.Mg/c1-12(14-2)8(13)5-3-6(9)7(10)11-4-5;1-4(11)5-2-6(8)7(9)10-3-5;7-4-1-3(6(9)11)2-10-5(4)8;1-3-4-2;;;;;;;;/h3-4H,1-2H3;2-3H,1H3;1-2H;3H,1-2H3;4*1H4;1H3;2*1H;/q;;;;;;;;-1;;;+2/p-1. The van der Waals surface area contributed by atoms with E-state index in [4.69, 9.17) is 86.0 Å². The Bertz CT molecular complexity index is 1250. The van der Waals surface area contributed by atoms with E-state index in [9.17, 15) is 14.4 Å². The summed E-state index contributed by atoms with van der Waals surface area (Å²) >= 11 is 38.6. The van der Waals surface area contributed by atoms with Crippen LogP contribution in [0.2, 0.25) is 30.5 Å². The number of nitrogens with zero attached hydrogens (tertiary/aromatic N) is 4. The van der Waals surface area contributed by atoms with Gasteiger partial charge in [0.25, 0.3) is 11.1 Å². The number of pyridine rings is 3. The van der Waals surface area contributed by atoms with Crippen LogP contribution in [-0.2, 0) is 9.68 Å². The summed E-state index contributed by atoms with van der Waals surface area (Å²) in [5.74, 6) is -0.408. The van der Waals surface area contributed by atoms with Crippen molar-refractivity contribution in [2.45, 2.75) is 36.6 Å². The second kappa shape index (κ2) is 37.8. The second-order valence-corrected chi connectivity index (χ2v) is 9.35. The van der Waals surface area contributed by atoms with Gasteiger partial charge in [-0.2, -0.15) is 0 Å². The van der Waals surface area contributed by atoms with Gasteiger partial charge in [-0.3, -0.25) is 19.2 Å². The molecule has 3 heterocycles.